The molecule has 1 atom stereocenters. The first-order valence-corrected chi connectivity index (χ1v) is 4.41. The number of carboxylic acids is 1. The zero-order chi connectivity index (χ0) is 10.4. The summed E-state index contributed by atoms with van der Waals surface area (Å²) in [5.74, 6) is -0.815. The number of carbonyl (C=O) groups is 1. The summed E-state index contributed by atoms with van der Waals surface area (Å²) in [5, 5.41) is 8.01. The standard InChI is InChI=1S/C3H7NO2S.Cu.H2O4S/c4-2(1-7)3(5)6;;1-5(2,3)4/h2,7H,1,4H2,(H,5,6);;(H2,1,2,3,4)/q;+2;/p-2/t2-;;/m0../s1. The molecule has 83 valence electrons. The van der Waals surface area contributed by atoms with Gasteiger partial charge in [-0.3, -0.25) is 13.2 Å². The van der Waals surface area contributed by atoms with Gasteiger partial charge in [-0.2, -0.15) is 12.6 Å². The third kappa shape index (κ3) is 33.1. The summed E-state index contributed by atoms with van der Waals surface area (Å²) in [6, 6.07) is -0.816. The normalized spacial score (nSPS) is 11.7. The maximum Gasteiger partial charge on any atom is 2.00 e. The van der Waals surface area contributed by atoms with E-state index in [0.717, 1.165) is 0 Å². The summed E-state index contributed by atoms with van der Waals surface area (Å²) in [7, 11) is -5.17. The van der Waals surface area contributed by atoms with Crippen molar-refractivity contribution in [1.82, 2.24) is 0 Å². The van der Waals surface area contributed by atoms with E-state index >= 15 is 0 Å². The minimum atomic E-state index is -5.17. The predicted octanol–water partition coefficient (Wildman–Crippen LogP) is -2.01. The average molecular weight is 281 g/mol. The molecular formula is C3H7CuNO6S2. The molecule has 0 aromatic rings. The summed E-state index contributed by atoms with van der Waals surface area (Å²) in [5.41, 5.74) is 4.94. The molecule has 3 N–H and O–H groups in total. The quantitative estimate of drug-likeness (QED) is 0.229. The molecule has 0 fully saturated rings. The van der Waals surface area contributed by atoms with Gasteiger partial charge in [0.15, 0.2) is 0 Å². The van der Waals surface area contributed by atoms with E-state index in [1.807, 2.05) is 0 Å². The maximum absolute atomic E-state index is 9.76. The summed E-state index contributed by atoms with van der Waals surface area (Å²) >= 11 is 3.65. The molecule has 13 heavy (non-hydrogen) atoms. The van der Waals surface area contributed by atoms with E-state index in [-0.39, 0.29) is 22.8 Å². The smallest absolute Gasteiger partial charge is 0.759 e. The van der Waals surface area contributed by atoms with Crippen molar-refractivity contribution in [2.24, 2.45) is 5.73 Å². The van der Waals surface area contributed by atoms with Gasteiger partial charge in [0.2, 0.25) is 0 Å². The third-order valence-corrected chi connectivity index (χ3v) is 0.907. The zero-order valence-corrected chi connectivity index (χ0v) is 8.66. The minimum absolute atomic E-state index is 0. The van der Waals surface area contributed by atoms with Crippen molar-refractivity contribution < 1.29 is 44.5 Å². The number of thiol groups is 1. The van der Waals surface area contributed by atoms with Crippen LogP contribution in [0.15, 0.2) is 0 Å². The Morgan fingerprint density at radius 2 is 1.77 bits per heavy atom. The van der Waals surface area contributed by atoms with Gasteiger partial charge < -0.3 is 19.9 Å². The molecule has 1 radical (unpaired) electrons. The van der Waals surface area contributed by atoms with Crippen LogP contribution < -0.4 is 5.73 Å². The Kier molecular flexibility index (Phi) is 12.7. The minimum Gasteiger partial charge on any atom is -0.759 e. The number of carboxylic acid groups (broad SMARTS) is 1. The van der Waals surface area contributed by atoms with Crippen molar-refractivity contribution in [3.63, 3.8) is 0 Å². The number of hydrogen-bond donors (Lipinski definition) is 3. The van der Waals surface area contributed by atoms with Crippen molar-refractivity contribution in [3.05, 3.63) is 0 Å². The van der Waals surface area contributed by atoms with E-state index in [1.165, 1.54) is 0 Å². The summed E-state index contributed by atoms with van der Waals surface area (Å²) in [6.07, 6.45) is 0. The third-order valence-electron chi connectivity index (χ3n) is 0.514. The van der Waals surface area contributed by atoms with Gasteiger partial charge in [0.25, 0.3) is 0 Å². The van der Waals surface area contributed by atoms with E-state index in [9.17, 15) is 4.79 Å². The fourth-order valence-electron chi connectivity index (χ4n) is 0.0781. The average Bonchev–Trinajstić information content (AvgIpc) is 1.82. The Hall–Kier alpha value is 0.169. The molecule has 0 aliphatic heterocycles. The molecule has 0 aromatic heterocycles. The van der Waals surface area contributed by atoms with Crippen LogP contribution in [0.4, 0.5) is 0 Å². The Morgan fingerprint density at radius 3 is 1.77 bits per heavy atom. The van der Waals surface area contributed by atoms with Crippen molar-refractivity contribution >= 4 is 29.0 Å². The first kappa shape index (κ1) is 18.9. The van der Waals surface area contributed by atoms with Gasteiger partial charge in [-0.15, -0.1) is 0 Å². The predicted molar refractivity (Wildman–Crippen MR) is 39.9 cm³/mol. The molecule has 7 nitrogen and oxygen atoms in total. The monoisotopic (exact) mass is 280 g/mol. The van der Waals surface area contributed by atoms with Crippen LogP contribution in [0, 0.1) is 0 Å². The molecule has 0 saturated heterocycles. The summed E-state index contributed by atoms with van der Waals surface area (Å²) < 4.78 is 34.1. The van der Waals surface area contributed by atoms with Gasteiger partial charge in [0.1, 0.15) is 6.04 Å². The fraction of sp³-hybridized carbons (Fsp3) is 0.667. The molecule has 0 bridgehead atoms. The van der Waals surface area contributed by atoms with Gasteiger partial charge in [-0.25, -0.2) is 0 Å². The largest absolute Gasteiger partial charge is 2.00 e. The molecule has 0 saturated carbocycles. The van der Waals surface area contributed by atoms with Crippen LogP contribution in [0.5, 0.6) is 0 Å². The molecule has 0 aliphatic carbocycles. The van der Waals surface area contributed by atoms with Gasteiger partial charge in [-0.1, -0.05) is 0 Å². The van der Waals surface area contributed by atoms with Crippen molar-refractivity contribution in [2.45, 2.75) is 6.04 Å². The van der Waals surface area contributed by atoms with Gasteiger partial charge in [-0.05, 0) is 0 Å². The van der Waals surface area contributed by atoms with Gasteiger partial charge >= 0.3 is 23.0 Å². The number of hydrogen-bond acceptors (Lipinski definition) is 7. The molecule has 0 aliphatic rings. The molecule has 0 spiro atoms. The molecule has 0 heterocycles. The number of rotatable bonds is 2. The van der Waals surface area contributed by atoms with Gasteiger partial charge in [0, 0.05) is 16.2 Å². The summed E-state index contributed by atoms with van der Waals surface area (Å²) in [6.45, 7) is 0. The first-order valence-electron chi connectivity index (χ1n) is 2.44. The second kappa shape index (κ2) is 8.75. The van der Waals surface area contributed by atoms with E-state index in [1.54, 1.807) is 0 Å². The molecule has 0 aromatic carbocycles. The van der Waals surface area contributed by atoms with Crippen molar-refractivity contribution in [2.75, 3.05) is 5.75 Å². The molecule has 10 heteroatoms. The molecular weight excluding hydrogens is 274 g/mol. The Bertz CT molecular complexity index is 220. The Balaban J connectivity index is -0.000000150. The second-order valence-electron chi connectivity index (χ2n) is 1.54. The Labute approximate surface area is 91.2 Å². The molecule has 0 unspecified atom stereocenters. The first-order chi connectivity index (χ1) is 5.18. The number of aliphatic carboxylic acids is 1. The molecule has 0 amide bonds. The van der Waals surface area contributed by atoms with Crippen molar-refractivity contribution in [1.29, 1.82) is 0 Å². The van der Waals surface area contributed by atoms with E-state index in [2.05, 4.69) is 12.6 Å². The van der Waals surface area contributed by atoms with Crippen LogP contribution in [0.2, 0.25) is 0 Å². The summed E-state index contributed by atoms with van der Waals surface area (Å²) in [4.78, 5) is 9.76. The maximum atomic E-state index is 9.76. The van der Waals surface area contributed by atoms with Crippen LogP contribution in [-0.2, 0) is 32.3 Å². The topological polar surface area (TPSA) is 144 Å². The fourth-order valence-corrected chi connectivity index (χ4v) is 0.234. The zero-order valence-electron chi connectivity index (χ0n) is 6.01. The molecule has 0 rings (SSSR count). The second-order valence-corrected chi connectivity index (χ2v) is 2.72. The van der Waals surface area contributed by atoms with E-state index in [4.69, 9.17) is 28.4 Å². The van der Waals surface area contributed by atoms with Crippen LogP contribution in [0.1, 0.15) is 0 Å². The van der Waals surface area contributed by atoms with E-state index in [0.29, 0.717) is 0 Å². The Morgan fingerprint density at radius 1 is 1.54 bits per heavy atom. The van der Waals surface area contributed by atoms with E-state index < -0.39 is 22.4 Å². The van der Waals surface area contributed by atoms with Gasteiger partial charge in [0.05, 0.1) is 0 Å². The van der Waals surface area contributed by atoms with Crippen molar-refractivity contribution in [3.8, 4) is 0 Å². The SMILES string of the molecule is N[C@@H](CS)C(=O)O.O=S(=O)([O-])[O-].[Cu+2]. The van der Waals surface area contributed by atoms with Crippen LogP contribution >= 0.6 is 12.6 Å². The van der Waals surface area contributed by atoms with Crippen LogP contribution in [-0.4, -0.2) is 40.4 Å². The van der Waals surface area contributed by atoms with Crippen LogP contribution in [0.3, 0.4) is 0 Å². The van der Waals surface area contributed by atoms with Crippen LogP contribution in [0.25, 0.3) is 0 Å². The number of nitrogens with two attached hydrogens (primary N) is 1.